The molecule has 0 radical (unpaired) electrons. The van der Waals surface area contributed by atoms with Crippen LogP contribution >= 0.6 is 0 Å². The number of nitrogens with one attached hydrogen (secondary N) is 2. The first-order chi connectivity index (χ1) is 21.8. The van der Waals surface area contributed by atoms with Crippen molar-refractivity contribution in [3.05, 3.63) is 99.4 Å². The third-order valence-electron chi connectivity index (χ3n) is 7.95. The van der Waals surface area contributed by atoms with Crippen LogP contribution in [0.5, 0.6) is 5.75 Å². The Balaban J connectivity index is 1.33. The third-order valence-corrected chi connectivity index (χ3v) is 7.95. The number of rotatable bonds is 12. The first kappa shape index (κ1) is 31.7. The first-order valence-corrected chi connectivity index (χ1v) is 15.0. The number of nitrogens with zero attached hydrogens (tertiary/aromatic N) is 3. The van der Waals surface area contributed by atoms with Crippen LogP contribution in [0.4, 0.5) is 6.01 Å². The van der Waals surface area contributed by atoms with Crippen LogP contribution in [-0.4, -0.2) is 79.6 Å². The van der Waals surface area contributed by atoms with Crippen LogP contribution in [0.1, 0.15) is 22.3 Å². The second kappa shape index (κ2) is 14.8. The van der Waals surface area contributed by atoms with Gasteiger partial charge in [0.05, 0.1) is 37.8 Å². The second-order valence-corrected chi connectivity index (χ2v) is 11.1. The lowest BCUT2D eigenvalue weighted by atomic mass is 10.0. The Hall–Kier alpha value is -4.74. The number of anilines is 1. The molecule has 2 heterocycles. The van der Waals surface area contributed by atoms with Gasteiger partial charge in [0.1, 0.15) is 11.8 Å². The Kier molecular flexibility index (Phi) is 10.4. The van der Waals surface area contributed by atoms with Crippen molar-refractivity contribution >= 4 is 28.7 Å². The topological polar surface area (TPSA) is 126 Å². The standard InChI is InChI=1S/C34H39N5O6/c1-23-26(20-35-30(40)22-39-15-17-44-18-16-39)11-14-28-31(23)33(42)45-34(36-28)37-29(19-24-9-12-27(43-3)13-10-24)32(41)38(2)21-25-7-5-4-6-8-25/h4-14,29H,15-22H2,1-3H3,(H,35,40)(H,36,37)/t29-/m0/s1. The molecule has 0 bridgehead atoms. The van der Waals surface area contributed by atoms with Gasteiger partial charge in [0, 0.05) is 39.6 Å². The number of likely N-dealkylation sites (N-methyl/N-ethyl adjacent to an activating group) is 1. The highest BCUT2D eigenvalue weighted by atomic mass is 16.5. The molecule has 1 aliphatic rings. The predicted molar refractivity (Wildman–Crippen MR) is 171 cm³/mol. The van der Waals surface area contributed by atoms with Crippen LogP contribution in [0.2, 0.25) is 0 Å². The van der Waals surface area contributed by atoms with Gasteiger partial charge in [-0.1, -0.05) is 48.5 Å². The molecule has 11 heteroatoms. The van der Waals surface area contributed by atoms with Crippen molar-refractivity contribution in [3.63, 3.8) is 0 Å². The van der Waals surface area contributed by atoms with Crippen LogP contribution in [0.3, 0.4) is 0 Å². The van der Waals surface area contributed by atoms with Gasteiger partial charge in [-0.05, 0) is 47.4 Å². The van der Waals surface area contributed by atoms with Crippen LogP contribution in [0, 0.1) is 6.92 Å². The molecule has 0 spiro atoms. The molecule has 3 aromatic carbocycles. The summed E-state index contributed by atoms with van der Waals surface area (Å²) in [6.45, 7) is 5.49. The zero-order valence-electron chi connectivity index (χ0n) is 25.9. The molecule has 1 saturated heterocycles. The molecule has 236 valence electrons. The Morgan fingerprint density at radius 1 is 1.02 bits per heavy atom. The maximum absolute atomic E-state index is 13.7. The van der Waals surface area contributed by atoms with Gasteiger partial charge in [-0.2, -0.15) is 4.98 Å². The lowest BCUT2D eigenvalue weighted by Gasteiger charge is -2.25. The summed E-state index contributed by atoms with van der Waals surface area (Å²) in [6.07, 6.45) is 0.327. The van der Waals surface area contributed by atoms with Crippen molar-refractivity contribution < 1.29 is 23.5 Å². The van der Waals surface area contributed by atoms with E-state index in [0.717, 1.165) is 29.8 Å². The molecule has 0 saturated carbocycles. The number of aromatic nitrogens is 1. The summed E-state index contributed by atoms with van der Waals surface area (Å²) in [5.41, 5.74) is 3.23. The molecule has 45 heavy (non-hydrogen) atoms. The predicted octanol–water partition coefficient (Wildman–Crippen LogP) is 3.14. The van der Waals surface area contributed by atoms with Gasteiger partial charge < -0.3 is 29.4 Å². The van der Waals surface area contributed by atoms with Crippen molar-refractivity contribution in [2.24, 2.45) is 0 Å². The number of methoxy groups -OCH3 is 1. The largest absolute Gasteiger partial charge is 0.497 e. The minimum atomic E-state index is -0.762. The monoisotopic (exact) mass is 613 g/mol. The molecule has 0 unspecified atom stereocenters. The van der Waals surface area contributed by atoms with E-state index in [2.05, 4.69) is 15.6 Å². The highest BCUT2D eigenvalue weighted by molar-refractivity contribution is 5.86. The van der Waals surface area contributed by atoms with Crippen molar-refractivity contribution in [1.29, 1.82) is 0 Å². The molecule has 1 fully saturated rings. The molecule has 2 N–H and O–H groups in total. The van der Waals surface area contributed by atoms with E-state index in [9.17, 15) is 14.4 Å². The highest BCUT2D eigenvalue weighted by Crippen LogP contribution is 2.21. The number of fused-ring (bicyclic) bond motifs is 1. The highest BCUT2D eigenvalue weighted by Gasteiger charge is 2.25. The maximum Gasteiger partial charge on any atom is 0.348 e. The van der Waals surface area contributed by atoms with Crippen molar-refractivity contribution in [1.82, 2.24) is 20.1 Å². The summed E-state index contributed by atoms with van der Waals surface area (Å²) in [4.78, 5) is 47.8. The van der Waals surface area contributed by atoms with Crippen LogP contribution in [-0.2, 0) is 33.8 Å². The normalized spacial score (nSPS) is 14.1. The number of carbonyl (C=O) groups excluding carboxylic acids is 2. The van der Waals surface area contributed by atoms with Crippen LogP contribution in [0.25, 0.3) is 10.9 Å². The number of carbonyl (C=O) groups is 2. The molecular formula is C34H39N5O6. The van der Waals surface area contributed by atoms with Gasteiger partial charge >= 0.3 is 5.63 Å². The minimum Gasteiger partial charge on any atom is -0.497 e. The van der Waals surface area contributed by atoms with Crippen molar-refractivity contribution in [2.75, 3.05) is 52.3 Å². The van der Waals surface area contributed by atoms with Gasteiger partial charge in [-0.3, -0.25) is 14.5 Å². The zero-order valence-corrected chi connectivity index (χ0v) is 25.9. The van der Waals surface area contributed by atoms with E-state index in [0.29, 0.717) is 54.9 Å². The molecule has 1 atom stereocenters. The maximum atomic E-state index is 13.7. The summed E-state index contributed by atoms with van der Waals surface area (Å²) < 4.78 is 16.2. The van der Waals surface area contributed by atoms with E-state index < -0.39 is 11.7 Å². The van der Waals surface area contributed by atoms with E-state index in [-0.39, 0.29) is 24.4 Å². The number of hydrogen-bond acceptors (Lipinski definition) is 9. The molecule has 0 aliphatic carbocycles. The fourth-order valence-corrected chi connectivity index (χ4v) is 5.38. The van der Waals surface area contributed by atoms with Crippen LogP contribution in [0.15, 0.2) is 75.9 Å². The SMILES string of the molecule is COc1ccc(C[C@H](Nc2nc3ccc(CNC(=O)CN4CCOCC4)c(C)c3c(=O)o2)C(=O)N(C)Cc2ccccc2)cc1. The zero-order chi connectivity index (χ0) is 31.8. The number of hydrogen-bond donors (Lipinski definition) is 2. The Morgan fingerprint density at radius 3 is 2.47 bits per heavy atom. The van der Waals surface area contributed by atoms with Gasteiger partial charge in [0.2, 0.25) is 11.8 Å². The average molecular weight is 614 g/mol. The molecule has 4 aromatic rings. The fraction of sp³-hybridized carbons (Fsp3) is 0.353. The van der Waals surface area contributed by atoms with E-state index in [4.69, 9.17) is 13.9 Å². The Labute approximate surface area is 262 Å². The molecule has 1 aromatic heterocycles. The summed E-state index contributed by atoms with van der Waals surface area (Å²) in [6, 6.07) is 20.0. The molecular weight excluding hydrogens is 574 g/mol. The fourth-order valence-electron chi connectivity index (χ4n) is 5.38. The van der Waals surface area contributed by atoms with Gasteiger partial charge in [-0.15, -0.1) is 0 Å². The Bertz CT molecular complexity index is 1670. The minimum absolute atomic E-state index is 0.0431. The van der Waals surface area contributed by atoms with Gasteiger partial charge in [0.15, 0.2) is 0 Å². The smallest absolute Gasteiger partial charge is 0.348 e. The van der Waals surface area contributed by atoms with Gasteiger partial charge in [-0.25, -0.2) is 4.79 Å². The first-order valence-electron chi connectivity index (χ1n) is 15.0. The average Bonchev–Trinajstić information content (AvgIpc) is 3.05. The number of aryl methyl sites for hydroxylation is 1. The molecule has 1 aliphatic heterocycles. The third kappa shape index (κ3) is 8.25. The van der Waals surface area contributed by atoms with Gasteiger partial charge in [0.25, 0.3) is 6.01 Å². The second-order valence-electron chi connectivity index (χ2n) is 11.1. The molecule has 2 amide bonds. The molecule has 5 rings (SSSR count). The van der Waals surface area contributed by atoms with E-state index in [1.165, 1.54) is 0 Å². The van der Waals surface area contributed by atoms with Crippen LogP contribution < -0.4 is 21.0 Å². The number of morpholine rings is 1. The van der Waals surface area contributed by atoms with E-state index in [1.807, 2.05) is 72.5 Å². The lowest BCUT2D eigenvalue weighted by molar-refractivity contribution is -0.131. The summed E-state index contributed by atoms with van der Waals surface area (Å²) in [5, 5.41) is 6.37. The number of benzene rings is 3. The van der Waals surface area contributed by atoms with E-state index in [1.54, 1.807) is 25.1 Å². The Morgan fingerprint density at radius 2 is 1.76 bits per heavy atom. The van der Waals surface area contributed by atoms with Crippen molar-refractivity contribution in [2.45, 2.75) is 32.5 Å². The summed E-state index contributed by atoms with van der Waals surface area (Å²) in [5.74, 6) is 0.439. The molecule has 11 nitrogen and oxygen atoms in total. The number of ether oxygens (including phenoxy) is 2. The quantitative estimate of drug-likeness (QED) is 0.248. The van der Waals surface area contributed by atoms with Crippen molar-refractivity contribution in [3.8, 4) is 5.75 Å². The lowest BCUT2D eigenvalue weighted by Crippen LogP contribution is -2.43. The number of amides is 2. The summed E-state index contributed by atoms with van der Waals surface area (Å²) in [7, 11) is 3.34. The summed E-state index contributed by atoms with van der Waals surface area (Å²) >= 11 is 0. The van der Waals surface area contributed by atoms with E-state index >= 15 is 0 Å².